The van der Waals surface area contributed by atoms with Crippen molar-refractivity contribution in [3.8, 4) is 0 Å². The van der Waals surface area contributed by atoms with Crippen LogP contribution in [-0.4, -0.2) is 36.9 Å². The lowest BCUT2D eigenvalue weighted by Gasteiger charge is -2.21. The van der Waals surface area contributed by atoms with E-state index in [4.69, 9.17) is 0 Å². The van der Waals surface area contributed by atoms with Crippen LogP contribution in [0.2, 0.25) is 0 Å². The molecule has 0 saturated heterocycles. The standard InChI is InChI=1S/C19H19BrFN5O/c1-4-7-25(11-14-9-15(20)5-6-16(14)21)18(27)10-17-23-19-22-12(2)8-13(3)26(19)24-17/h4-6,8-9H,1,7,10-11H2,2-3H3. The SMILES string of the molecule is C=CCN(Cc1cc(Br)ccc1F)C(=O)Cc1nc2nc(C)cc(C)n2n1. The first-order valence-corrected chi connectivity index (χ1v) is 9.19. The average molecular weight is 432 g/mol. The summed E-state index contributed by atoms with van der Waals surface area (Å²) in [4.78, 5) is 23.0. The van der Waals surface area contributed by atoms with Gasteiger partial charge in [-0.2, -0.15) is 4.98 Å². The monoisotopic (exact) mass is 431 g/mol. The Hall–Kier alpha value is -2.61. The third-order valence-corrected chi connectivity index (χ3v) is 4.54. The van der Waals surface area contributed by atoms with E-state index in [2.05, 4.69) is 37.6 Å². The van der Waals surface area contributed by atoms with Gasteiger partial charge in [0, 0.05) is 34.5 Å². The van der Waals surface area contributed by atoms with Crippen molar-refractivity contribution >= 4 is 27.6 Å². The molecule has 6 nitrogen and oxygen atoms in total. The molecule has 0 bridgehead atoms. The molecule has 0 atom stereocenters. The fourth-order valence-electron chi connectivity index (χ4n) is 2.81. The highest BCUT2D eigenvalue weighted by Crippen LogP contribution is 2.18. The van der Waals surface area contributed by atoms with Gasteiger partial charge in [-0.05, 0) is 38.1 Å². The minimum Gasteiger partial charge on any atom is -0.334 e. The van der Waals surface area contributed by atoms with Gasteiger partial charge in [0.1, 0.15) is 5.82 Å². The molecule has 3 aromatic rings. The molecule has 0 unspecified atom stereocenters. The predicted molar refractivity (Wildman–Crippen MR) is 104 cm³/mol. The number of rotatable bonds is 6. The Balaban J connectivity index is 1.82. The van der Waals surface area contributed by atoms with E-state index < -0.39 is 0 Å². The Labute approximate surface area is 164 Å². The van der Waals surface area contributed by atoms with E-state index in [1.165, 1.54) is 11.0 Å². The zero-order valence-corrected chi connectivity index (χ0v) is 16.7. The first kappa shape index (κ1) is 19.2. The van der Waals surface area contributed by atoms with Crippen LogP contribution in [0.5, 0.6) is 0 Å². The van der Waals surface area contributed by atoms with Crippen molar-refractivity contribution in [1.82, 2.24) is 24.5 Å². The van der Waals surface area contributed by atoms with Crippen molar-refractivity contribution in [3.63, 3.8) is 0 Å². The number of hydrogen-bond donors (Lipinski definition) is 0. The van der Waals surface area contributed by atoms with Gasteiger partial charge in [-0.3, -0.25) is 4.79 Å². The van der Waals surface area contributed by atoms with Crippen LogP contribution in [0.3, 0.4) is 0 Å². The topological polar surface area (TPSA) is 63.4 Å². The number of benzene rings is 1. The van der Waals surface area contributed by atoms with Gasteiger partial charge in [0.2, 0.25) is 5.91 Å². The van der Waals surface area contributed by atoms with E-state index in [1.807, 2.05) is 19.9 Å². The molecule has 0 spiro atoms. The van der Waals surface area contributed by atoms with Crippen LogP contribution in [-0.2, 0) is 17.8 Å². The number of hydrogen-bond acceptors (Lipinski definition) is 4. The van der Waals surface area contributed by atoms with Gasteiger partial charge in [0.15, 0.2) is 5.82 Å². The second-order valence-electron chi connectivity index (χ2n) is 6.25. The predicted octanol–water partition coefficient (Wildman–Crippen LogP) is 3.40. The highest BCUT2D eigenvalue weighted by Gasteiger charge is 2.18. The minimum atomic E-state index is -0.360. The van der Waals surface area contributed by atoms with Gasteiger partial charge >= 0.3 is 0 Å². The molecule has 1 aromatic carbocycles. The molecule has 1 amide bonds. The van der Waals surface area contributed by atoms with Crippen molar-refractivity contribution < 1.29 is 9.18 Å². The first-order chi connectivity index (χ1) is 12.9. The third-order valence-electron chi connectivity index (χ3n) is 4.04. The van der Waals surface area contributed by atoms with E-state index in [-0.39, 0.29) is 24.7 Å². The van der Waals surface area contributed by atoms with Crippen molar-refractivity contribution in [2.45, 2.75) is 26.8 Å². The molecule has 140 valence electrons. The van der Waals surface area contributed by atoms with Gasteiger partial charge in [-0.25, -0.2) is 13.9 Å². The zero-order chi connectivity index (χ0) is 19.6. The number of halogens is 2. The fourth-order valence-corrected chi connectivity index (χ4v) is 3.22. The number of aryl methyl sites for hydroxylation is 2. The molecule has 2 aromatic heterocycles. The van der Waals surface area contributed by atoms with E-state index in [9.17, 15) is 9.18 Å². The Morgan fingerprint density at radius 2 is 2.11 bits per heavy atom. The minimum absolute atomic E-state index is 0.00527. The van der Waals surface area contributed by atoms with Crippen molar-refractivity contribution in [3.05, 3.63) is 70.0 Å². The largest absolute Gasteiger partial charge is 0.334 e. The Morgan fingerprint density at radius 1 is 1.33 bits per heavy atom. The zero-order valence-electron chi connectivity index (χ0n) is 15.1. The van der Waals surface area contributed by atoms with E-state index >= 15 is 0 Å². The Morgan fingerprint density at radius 3 is 2.85 bits per heavy atom. The highest BCUT2D eigenvalue weighted by atomic mass is 79.9. The van der Waals surface area contributed by atoms with Gasteiger partial charge in [0.25, 0.3) is 5.78 Å². The molecular formula is C19H19BrFN5O. The third kappa shape index (κ3) is 4.39. The summed E-state index contributed by atoms with van der Waals surface area (Å²) in [6.07, 6.45) is 1.62. The molecule has 0 aliphatic carbocycles. The van der Waals surface area contributed by atoms with Crippen LogP contribution in [0.4, 0.5) is 4.39 Å². The Kier molecular flexibility index (Phi) is 5.65. The smallest absolute Gasteiger partial charge is 0.252 e. The molecule has 8 heteroatoms. The van der Waals surface area contributed by atoms with Gasteiger partial charge in [-0.15, -0.1) is 11.7 Å². The van der Waals surface area contributed by atoms with Crippen LogP contribution < -0.4 is 0 Å². The summed E-state index contributed by atoms with van der Waals surface area (Å²) >= 11 is 3.33. The molecule has 3 rings (SSSR count). The Bertz CT molecular complexity index is 1020. The number of amides is 1. The quantitative estimate of drug-likeness (QED) is 0.561. The van der Waals surface area contributed by atoms with Crippen molar-refractivity contribution in [2.75, 3.05) is 6.54 Å². The maximum absolute atomic E-state index is 14.1. The number of carbonyl (C=O) groups excluding carboxylic acids is 1. The number of carbonyl (C=O) groups is 1. The van der Waals surface area contributed by atoms with Crippen molar-refractivity contribution in [1.29, 1.82) is 0 Å². The van der Waals surface area contributed by atoms with Gasteiger partial charge in [-0.1, -0.05) is 22.0 Å². The fraction of sp³-hybridized carbons (Fsp3) is 0.263. The maximum atomic E-state index is 14.1. The average Bonchev–Trinajstić information content (AvgIpc) is 3.00. The normalized spacial score (nSPS) is 11.0. The van der Waals surface area contributed by atoms with Crippen LogP contribution >= 0.6 is 15.9 Å². The number of aromatic nitrogens is 4. The molecule has 0 aliphatic heterocycles. The molecular weight excluding hydrogens is 413 g/mol. The van der Waals surface area contributed by atoms with E-state index in [0.717, 1.165) is 15.9 Å². The first-order valence-electron chi connectivity index (χ1n) is 8.40. The second kappa shape index (κ2) is 7.96. The summed E-state index contributed by atoms with van der Waals surface area (Å²) in [7, 11) is 0. The van der Waals surface area contributed by atoms with Crippen LogP contribution in [0, 0.1) is 19.7 Å². The summed E-state index contributed by atoms with van der Waals surface area (Å²) in [5.41, 5.74) is 2.15. The van der Waals surface area contributed by atoms with Crippen LogP contribution in [0.25, 0.3) is 5.78 Å². The summed E-state index contributed by atoms with van der Waals surface area (Å²) < 4.78 is 16.4. The molecule has 27 heavy (non-hydrogen) atoms. The highest BCUT2D eigenvalue weighted by molar-refractivity contribution is 9.10. The number of nitrogens with zero attached hydrogens (tertiary/aromatic N) is 5. The molecule has 0 fully saturated rings. The summed E-state index contributed by atoms with van der Waals surface area (Å²) in [6, 6.07) is 6.55. The second-order valence-corrected chi connectivity index (χ2v) is 7.17. The van der Waals surface area contributed by atoms with E-state index in [1.54, 1.807) is 22.7 Å². The molecule has 2 heterocycles. The van der Waals surface area contributed by atoms with Crippen LogP contribution in [0.15, 0.2) is 41.4 Å². The summed E-state index contributed by atoms with van der Waals surface area (Å²) in [5, 5.41) is 4.36. The molecule has 0 saturated carbocycles. The van der Waals surface area contributed by atoms with Crippen molar-refractivity contribution in [2.24, 2.45) is 0 Å². The van der Waals surface area contributed by atoms with Crippen LogP contribution in [0.1, 0.15) is 22.8 Å². The summed E-state index contributed by atoms with van der Waals surface area (Å²) in [5.74, 6) is 0.273. The molecule has 0 radical (unpaired) electrons. The lowest BCUT2D eigenvalue weighted by molar-refractivity contribution is -0.130. The summed E-state index contributed by atoms with van der Waals surface area (Å²) in [6.45, 7) is 7.91. The van der Waals surface area contributed by atoms with Gasteiger partial charge in [0.05, 0.1) is 6.42 Å². The lowest BCUT2D eigenvalue weighted by atomic mass is 10.2. The molecule has 0 aliphatic rings. The van der Waals surface area contributed by atoms with E-state index in [0.29, 0.717) is 23.7 Å². The maximum Gasteiger partial charge on any atom is 0.252 e. The number of fused-ring (bicyclic) bond motifs is 1. The lowest BCUT2D eigenvalue weighted by Crippen LogP contribution is -2.32. The van der Waals surface area contributed by atoms with Gasteiger partial charge < -0.3 is 4.90 Å². The molecule has 0 N–H and O–H groups in total.